The van der Waals surface area contributed by atoms with Crippen molar-refractivity contribution < 1.29 is 23.1 Å². The minimum Gasteiger partial charge on any atom is -0.481 e. The van der Waals surface area contributed by atoms with Crippen LogP contribution in [0.1, 0.15) is 17.2 Å². The molecule has 2 rings (SSSR count). The van der Waals surface area contributed by atoms with E-state index in [4.69, 9.17) is 5.11 Å². The summed E-state index contributed by atoms with van der Waals surface area (Å²) >= 11 is 0. The predicted molar refractivity (Wildman–Crippen MR) is 66.5 cm³/mol. The Hall–Kier alpha value is -2.58. The van der Waals surface area contributed by atoms with Crippen LogP contribution in [0.2, 0.25) is 0 Å². The average molecular weight is 300 g/mol. The zero-order valence-electron chi connectivity index (χ0n) is 10.6. The van der Waals surface area contributed by atoms with Crippen LogP contribution in [0.15, 0.2) is 24.3 Å². The Kier molecular flexibility index (Phi) is 4.10. The first-order chi connectivity index (χ1) is 9.84. The van der Waals surface area contributed by atoms with Crippen LogP contribution in [-0.2, 0) is 23.9 Å². The highest BCUT2D eigenvalue weighted by atomic mass is 19.4. The number of H-pyrrole nitrogens is 1. The van der Waals surface area contributed by atoms with E-state index in [0.29, 0.717) is 11.5 Å². The molecule has 0 saturated carbocycles. The number of alkyl halides is 3. The summed E-state index contributed by atoms with van der Waals surface area (Å²) in [4.78, 5) is 14.4. The maximum Gasteiger partial charge on any atom is 0.416 e. The van der Waals surface area contributed by atoms with E-state index in [0.717, 1.165) is 12.1 Å². The second-order valence-electron chi connectivity index (χ2n) is 4.20. The number of carbonyl (C=O) groups is 1. The number of halogens is 3. The van der Waals surface area contributed by atoms with Crippen molar-refractivity contribution in [2.75, 3.05) is 5.32 Å². The van der Waals surface area contributed by atoms with Crippen molar-refractivity contribution in [2.24, 2.45) is 0 Å². The summed E-state index contributed by atoms with van der Waals surface area (Å²) in [5.41, 5.74) is -0.240. The van der Waals surface area contributed by atoms with Crippen molar-refractivity contribution in [3.8, 4) is 0 Å². The third kappa shape index (κ3) is 4.20. The SMILES string of the molecule is O=C(O)Cc1n[nH]c(CNc2ccc(C(F)(F)F)cc2)n1. The van der Waals surface area contributed by atoms with Gasteiger partial charge in [-0.2, -0.15) is 18.3 Å². The molecule has 112 valence electrons. The Balaban J connectivity index is 1.94. The number of nitrogens with one attached hydrogen (secondary N) is 2. The molecule has 0 bridgehead atoms. The number of benzene rings is 1. The molecule has 9 heteroatoms. The van der Waals surface area contributed by atoms with Crippen LogP contribution in [-0.4, -0.2) is 26.3 Å². The van der Waals surface area contributed by atoms with Crippen LogP contribution in [0, 0.1) is 0 Å². The molecule has 2 aromatic rings. The van der Waals surface area contributed by atoms with Crippen LogP contribution < -0.4 is 5.32 Å². The first-order valence-electron chi connectivity index (χ1n) is 5.87. The van der Waals surface area contributed by atoms with E-state index in [1.54, 1.807) is 0 Å². The fourth-order valence-electron chi connectivity index (χ4n) is 1.59. The summed E-state index contributed by atoms with van der Waals surface area (Å²) in [6.45, 7) is 0.192. The van der Waals surface area contributed by atoms with Crippen LogP contribution in [0.4, 0.5) is 18.9 Å². The van der Waals surface area contributed by atoms with Crippen molar-refractivity contribution in [1.82, 2.24) is 15.2 Å². The number of hydrogen-bond donors (Lipinski definition) is 3. The third-order valence-electron chi connectivity index (χ3n) is 2.56. The van der Waals surface area contributed by atoms with Gasteiger partial charge in [-0.1, -0.05) is 0 Å². The molecule has 0 amide bonds. The van der Waals surface area contributed by atoms with Gasteiger partial charge in [-0.25, -0.2) is 4.98 Å². The minimum atomic E-state index is -4.37. The molecule has 0 aliphatic heterocycles. The van der Waals surface area contributed by atoms with Gasteiger partial charge in [0.05, 0.1) is 12.1 Å². The van der Waals surface area contributed by atoms with Crippen LogP contribution in [0.3, 0.4) is 0 Å². The topological polar surface area (TPSA) is 90.9 Å². The number of aromatic nitrogens is 3. The summed E-state index contributed by atoms with van der Waals surface area (Å²) in [5.74, 6) is -0.505. The molecule has 0 unspecified atom stereocenters. The van der Waals surface area contributed by atoms with Gasteiger partial charge in [0.25, 0.3) is 0 Å². The van der Waals surface area contributed by atoms with Gasteiger partial charge < -0.3 is 10.4 Å². The summed E-state index contributed by atoms with van der Waals surface area (Å²) < 4.78 is 37.2. The van der Waals surface area contributed by atoms with Crippen LogP contribution in [0.25, 0.3) is 0 Å². The maximum atomic E-state index is 12.4. The third-order valence-corrected chi connectivity index (χ3v) is 2.56. The smallest absolute Gasteiger partial charge is 0.416 e. The van der Waals surface area contributed by atoms with Gasteiger partial charge in [0.15, 0.2) is 5.82 Å². The van der Waals surface area contributed by atoms with Gasteiger partial charge in [0.2, 0.25) is 0 Å². The highest BCUT2D eigenvalue weighted by molar-refractivity contribution is 5.68. The normalized spacial score (nSPS) is 11.4. The van der Waals surface area contributed by atoms with Gasteiger partial charge in [-0.15, -0.1) is 0 Å². The average Bonchev–Trinajstić information content (AvgIpc) is 2.82. The molecule has 0 aliphatic rings. The van der Waals surface area contributed by atoms with Gasteiger partial charge >= 0.3 is 12.1 Å². The molecule has 1 aromatic carbocycles. The zero-order chi connectivity index (χ0) is 15.5. The van der Waals surface area contributed by atoms with E-state index in [1.165, 1.54) is 12.1 Å². The van der Waals surface area contributed by atoms with Gasteiger partial charge in [-0.05, 0) is 24.3 Å². The molecule has 0 radical (unpaired) electrons. The highest BCUT2D eigenvalue weighted by Crippen LogP contribution is 2.29. The molecule has 0 saturated heterocycles. The first-order valence-corrected chi connectivity index (χ1v) is 5.87. The molecule has 3 N–H and O–H groups in total. The van der Waals surface area contributed by atoms with Gasteiger partial charge in [0.1, 0.15) is 12.2 Å². The van der Waals surface area contributed by atoms with Gasteiger partial charge in [0, 0.05) is 5.69 Å². The Bertz CT molecular complexity index is 622. The number of aliphatic carboxylic acids is 1. The van der Waals surface area contributed by atoms with Crippen molar-refractivity contribution in [3.05, 3.63) is 41.5 Å². The van der Waals surface area contributed by atoms with Crippen molar-refractivity contribution >= 4 is 11.7 Å². The van der Waals surface area contributed by atoms with E-state index in [-0.39, 0.29) is 18.8 Å². The molecule has 1 heterocycles. The van der Waals surface area contributed by atoms with Gasteiger partial charge in [-0.3, -0.25) is 9.89 Å². The zero-order valence-corrected chi connectivity index (χ0v) is 10.6. The van der Waals surface area contributed by atoms with E-state index >= 15 is 0 Å². The standard InChI is InChI=1S/C12H11F3N4O2/c13-12(14,15)7-1-3-8(4-2-7)16-6-10-17-9(18-19-10)5-11(20)21/h1-4,16H,5-6H2,(H,20,21)(H,17,18,19). The van der Waals surface area contributed by atoms with Crippen LogP contribution in [0.5, 0.6) is 0 Å². The number of carboxylic acid groups (broad SMARTS) is 1. The Morgan fingerprint density at radius 1 is 1.29 bits per heavy atom. The Labute approximate surface area is 117 Å². The molecule has 0 aliphatic carbocycles. The maximum absolute atomic E-state index is 12.4. The lowest BCUT2D eigenvalue weighted by Gasteiger charge is -2.08. The lowest BCUT2D eigenvalue weighted by molar-refractivity contribution is -0.138. The van der Waals surface area contributed by atoms with Crippen LogP contribution >= 0.6 is 0 Å². The minimum absolute atomic E-state index is 0.145. The number of anilines is 1. The summed E-state index contributed by atoms with van der Waals surface area (Å²) in [5, 5.41) is 17.7. The summed E-state index contributed by atoms with van der Waals surface area (Å²) in [7, 11) is 0. The molecule has 0 atom stereocenters. The monoisotopic (exact) mass is 300 g/mol. The van der Waals surface area contributed by atoms with E-state index in [2.05, 4.69) is 20.5 Å². The quantitative estimate of drug-likeness (QED) is 0.786. The number of rotatable bonds is 5. The first kappa shape index (κ1) is 14.8. The predicted octanol–water partition coefficient (Wildman–Crippen LogP) is 2.06. The molecule has 21 heavy (non-hydrogen) atoms. The second-order valence-corrected chi connectivity index (χ2v) is 4.20. The second kappa shape index (κ2) is 5.81. The van der Waals surface area contributed by atoms with Crippen molar-refractivity contribution in [1.29, 1.82) is 0 Å². The fourth-order valence-corrected chi connectivity index (χ4v) is 1.59. The molecular weight excluding hydrogens is 289 g/mol. The number of nitrogens with zero attached hydrogens (tertiary/aromatic N) is 2. The highest BCUT2D eigenvalue weighted by Gasteiger charge is 2.29. The molecule has 1 aromatic heterocycles. The number of carboxylic acids is 1. The largest absolute Gasteiger partial charge is 0.481 e. The van der Waals surface area contributed by atoms with E-state index < -0.39 is 17.7 Å². The lowest BCUT2D eigenvalue weighted by atomic mass is 10.2. The van der Waals surface area contributed by atoms with Crippen molar-refractivity contribution in [2.45, 2.75) is 19.1 Å². The number of hydrogen-bond acceptors (Lipinski definition) is 4. The summed E-state index contributed by atoms with van der Waals surface area (Å²) in [6, 6.07) is 4.55. The van der Waals surface area contributed by atoms with E-state index in [1.807, 2.05) is 0 Å². The molecule has 0 spiro atoms. The molecule has 6 nitrogen and oxygen atoms in total. The molecule has 0 fully saturated rings. The fraction of sp³-hybridized carbons (Fsp3) is 0.250. The molecular formula is C12H11F3N4O2. The van der Waals surface area contributed by atoms with E-state index in [9.17, 15) is 18.0 Å². The Morgan fingerprint density at radius 2 is 1.95 bits per heavy atom. The lowest BCUT2D eigenvalue weighted by Crippen LogP contribution is -2.06. The van der Waals surface area contributed by atoms with Crippen molar-refractivity contribution in [3.63, 3.8) is 0 Å². The summed E-state index contributed by atoms with van der Waals surface area (Å²) in [6.07, 6.45) is -4.66. The number of aromatic amines is 1. The Morgan fingerprint density at radius 3 is 2.52 bits per heavy atom.